The van der Waals surface area contributed by atoms with Crippen molar-refractivity contribution in [1.82, 2.24) is 0 Å². The van der Waals surface area contributed by atoms with Gasteiger partial charge in [-0.2, -0.15) is 5.26 Å². The average Bonchev–Trinajstić information content (AvgIpc) is 2.36. The Morgan fingerprint density at radius 2 is 2.06 bits per heavy atom. The van der Waals surface area contributed by atoms with Crippen LogP contribution in [0, 0.1) is 30.6 Å². The van der Waals surface area contributed by atoms with Crippen LogP contribution in [0.5, 0.6) is 0 Å². The molecule has 0 aromatic heterocycles. The molecule has 96 valence electrons. The van der Waals surface area contributed by atoms with Crippen molar-refractivity contribution in [2.24, 2.45) is 5.41 Å². The van der Waals surface area contributed by atoms with Crippen molar-refractivity contribution in [3.8, 4) is 6.07 Å². The summed E-state index contributed by atoms with van der Waals surface area (Å²) in [7, 11) is 1.73. The first-order chi connectivity index (χ1) is 8.35. The van der Waals surface area contributed by atoms with Crippen LogP contribution in [0.3, 0.4) is 0 Å². The van der Waals surface area contributed by atoms with Gasteiger partial charge in [-0.1, -0.05) is 24.6 Å². The molecule has 3 nitrogen and oxygen atoms in total. The number of hydrogen-bond acceptors (Lipinski definition) is 2. The maximum absolute atomic E-state index is 12.4. The molecule has 18 heavy (non-hydrogen) atoms. The number of benzene rings is 1. The number of nitrogens with zero attached hydrogens (tertiary/aromatic N) is 2. The fraction of sp³-hybridized carbons (Fsp3) is 0.467. The first kappa shape index (κ1) is 14.2. The number of carbonyl (C=O) groups excluding carboxylic acids is 1. The van der Waals surface area contributed by atoms with E-state index in [4.69, 9.17) is 5.26 Å². The van der Waals surface area contributed by atoms with Crippen molar-refractivity contribution < 1.29 is 4.79 Å². The maximum atomic E-state index is 12.4. The molecular formula is C15H20N2O. The highest BCUT2D eigenvalue weighted by molar-refractivity contribution is 5.99. The van der Waals surface area contributed by atoms with E-state index in [-0.39, 0.29) is 5.91 Å². The van der Waals surface area contributed by atoms with E-state index in [0.29, 0.717) is 6.42 Å². The zero-order valence-electron chi connectivity index (χ0n) is 11.7. The highest BCUT2D eigenvalue weighted by atomic mass is 16.2. The highest BCUT2D eigenvalue weighted by Gasteiger charge is 2.34. The van der Waals surface area contributed by atoms with Gasteiger partial charge >= 0.3 is 0 Å². The Hall–Kier alpha value is -1.82. The average molecular weight is 244 g/mol. The lowest BCUT2D eigenvalue weighted by molar-refractivity contribution is -0.124. The van der Waals surface area contributed by atoms with Crippen LogP contribution in [-0.4, -0.2) is 13.0 Å². The molecule has 0 saturated heterocycles. The van der Waals surface area contributed by atoms with Gasteiger partial charge in [0.15, 0.2) is 0 Å². The summed E-state index contributed by atoms with van der Waals surface area (Å²) in [6, 6.07) is 8.06. The molecule has 1 aromatic carbocycles. The smallest absolute Gasteiger partial charge is 0.246 e. The second kappa shape index (κ2) is 5.22. The molecule has 0 aliphatic rings. The number of amides is 1. The molecule has 1 rings (SSSR count). The summed E-state index contributed by atoms with van der Waals surface area (Å²) >= 11 is 0. The molecule has 0 aliphatic heterocycles. The lowest BCUT2D eigenvalue weighted by Crippen LogP contribution is -2.39. The van der Waals surface area contributed by atoms with Crippen LogP contribution in [0.2, 0.25) is 0 Å². The molecule has 0 saturated carbocycles. The van der Waals surface area contributed by atoms with Gasteiger partial charge in [-0.15, -0.1) is 0 Å². The van der Waals surface area contributed by atoms with E-state index in [1.165, 1.54) is 0 Å². The quantitative estimate of drug-likeness (QED) is 0.819. The van der Waals surface area contributed by atoms with Crippen molar-refractivity contribution in [3.63, 3.8) is 0 Å². The number of aryl methyl sites for hydroxylation is 2. The summed E-state index contributed by atoms with van der Waals surface area (Å²) in [6.07, 6.45) is 0.511. The van der Waals surface area contributed by atoms with Crippen molar-refractivity contribution in [1.29, 1.82) is 5.26 Å². The van der Waals surface area contributed by atoms with Gasteiger partial charge in [-0.05, 0) is 38.8 Å². The summed E-state index contributed by atoms with van der Waals surface area (Å²) in [6.45, 7) is 7.54. The van der Waals surface area contributed by atoms with Crippen molar-refractivity contribution >= 4 is 11.6 Å². The van der Waals surface area contributed by atoms with Crippen molar-refractivity contribution in [2.75, 3.05) is 11.9 Å². The molecule has 1 aromatic rings. The standard InChI is InChI=1S/C15H20N2O/c1-6-15(4,10-16)14(18)17(5)13-8-7-11(2)9-12(13)3/h7-9H,6H2,1-5H3. The third kappa shape index (κ3) is 2.53. The van der Waals surface area contributed by atoms with E-state index in [1.54, 1.807) is 18.9 Å². The first-order valence-corrected chi connectivity index (χ1v) is 6.12. The minimum atomic E-state index is -0.952. The van der Waals surface area contributed by atoms with Gasteiger partial charge in [0, 0.05) is 12.7 Å². The van der Waals surface area contributed by atoms with E-state index in [9.17, 15) is 4.79 Å². The van der Waals surface area contributed by atoms with Gasteiger partial charge in [-0.25, -0.2) is 0 Å². The number of rotatable bonds is 3. The van der Waals surface area contributed by atoms with Gasteiger partial charge in [0.05, 0.1) is 6.07 Å². The molecule has 3 heteroatoms. The monoisotopic (exact) mass is 244 g/mol. The van der Waals surface area contributed by atoms with Gasteiger partial charge in [0.25, 0.3) is 0 Å². The van der Waals surface area contributed by atoms with Crippen molar-refractivity contribution in [2.45, 2.75) is 34.1 Å². The number of carbonyl (C=O) groups is 1. The zero-order chi connectivity index (χ0) is 13.9. The Morgan fingerprint density at radius 1 is 1.44 bits per heavy atom. The molecule has 0 aliphatic carbocycles. The number of nitriles is 1. The van der Waals surface area contributed by atoms with E-state index >= 15 is 0 Å². The third-order valence-electron chi connectivity index (χ3n) is 3.44. The fourth-order valence-corrected chi connectivity index (χ4v) is 1.94. The molecule has 0 bridgehead atoms. The lowest BCUT2D eigenvalue weighted by atomic mass is 9.87. The van der Waals surface area contributed by atoms with Crippen LogP contribution < -0.4 is 4.90 Å². The molecule has 1 amide bonds. The van der Waals surface area contributed by atoms with Crippen LogP contribution in [-0.2, 0) is 4.79 Å². The van der Waals surface area contributed by atoms with Crippen LogP contribution in [0.15, 0.2) is 18.2 Å². The van der Waals surface area contributed by atoms with Gasteiger partial charge in [0.1, 0.15) is 5.41 Å². The molecule has 1 atom stereocenters. The molecule has 0 fully saturated rings. The van der Waals surface area contributed by atoms with Gasteiger partial charge in [-0.3, -0.25) is 4.79 Å². The predicted molar refractivity (Wildman–Crippen MR) is 73.3 cm³/mol. The molecule has 0 heterocycles. The second-order valence-corrected chi connectivity index (χ2v) is 4.95. The zero-order valence-corrected chi connectivity index (χ0v) is 11.7. The van der Waals surface area contributed by atoms with E-state index < -0.39 is 5.41 Å². The van der Waals surface area contributed by atoms with Crippen LogP contribution in [0.4, 0.5) is 5.69 Å². The Kier molecular flexibility index (Phi) is 4.13. The summed E-state index contributed by atoms with van der Waals surface area (Å²) < 4.78 is 0. The minimum absolute atomic E-state index is 0.153. The Labute approximate surface area is 109 Å². The van der Waals surface area contributed by atoms with Crippen LogP contribution >= 0.6 is 0 Å². The Balaban J connectivity index is 3.12. The normalized spacial score (nSPS) is 13.6. The maximum Gasteiger partial charge on any atom is 0.246 e. The number of anilines is 1. The molecule has 0 N–H and O–H groups in total. The van der Waals surface area contributed by atoms with E-state index in [2.05, 4.69) is 6.07 Å². The largest absolute Gasteiger partial charge is 0.314 e. The SMILES string of the molecule is CCC(C)(C#N)C(=O)N(C)c1ccc(C)cc1C. The van der Waals surface area contributed by atoms with Crippen LogP contribution in [0.25, 0.3) is 0 Å². The highest BCUT2D eigenvalue weighted by Crippen LogP contribution is 2.27. The van der Waals surface area contributed by atoms with Gasteiger partial charge < -0.3 is 4.90 Å². The molecule has 1 unspecified atom stereocenters. The van der Waals surface area contributed by atoms with Gasteiger partial charge in [0.2, 0.25) is 5.91 Å². The summed E-state index contributed by atoms with van der Waals surface area (Å²) in [5, 5.41) is 9.17. The minimum Gasteiger partial charge on any atom is -0.314 e. The van der Waals surface area contributed by atoms with E-state index in [0.717, 1.165) is 16.8 Å². The second-order valence-electron chi connectivity index (χ2n) is 4.95. The fourth-order valence-electron chi connectivity index (χ4n) is 1.94. The van der Waals surface area contributed by atoms with Crippen molar-refractivity contribution in [3.05, 3.63) is 29.3 Å². The summed E-state index contributed by atoms with van der Waals surface area (Å²) in [5.41, 5.74) is 2.12. The summed E-state index contributed by atoms with van der Waals surface area (Å²) in [4.78, 5) is 14.0. The predicted octanol–water partition coefficient (Wildman–Crippen LogP) is 3.21. The lowest BCUT2D eigenvalue weighted by Gasteiger charge is -2.27. The third-order valence-corrected chi connectivity index (χ3v) is 3.44. The first-order valence-electron chi connectivity index (χ1n) is 6.12. The topological polar surface area (TPSA) is 44.1 Å². The molecular weight excluding hydrogens is 224 g/mol. The molecule has 0 radical (unpaired) electrons. The van der Waals surface area contributed by atoms with E-state index in [1.807, 2.05) is 39.0 Å². The summed E-state index contributed by atoms with van der Waals surface area (Å²) in [5.74, 6) is -0.153. The number of hydrogen-bond donors (Lipinski definition) is 0. The van der Waals surface area contributed by atoms with Crippen LogP contribution in [0.1, 0.15) is 31.4 Å². The Morgan fingerprint density at radius 3 is 2.50 bits per heavy atom. The Bertz CT molecular complexity index is 502. The molecule has 0 spiro atoms.